The molecule has 4 rings (SSSR count). The van der Waals surface area contributed by atoms with Gasteiger partial charge in [0.25, 0.3) is 0 Å². The molecule has 0 bridgehead atoms. The molecular formula is C29H28F4O. The highest BCUT2D eigenvalue weighted by molar-refractivity contribution is 5.71. The Hall–Kier alpha value is -3.08. The summed E-state index contributed by atoms with van der Waals surface area (Å²) in [7, 11) is 0. The zero-order valence-electron chi connectivity index (χ0n) is 19.4. The van der Waals surface area contributed by atoms with Crippen LogP contribution in [-0.4, -0.2) is 6.61 Å². The van der Waals surface area contributed by atoms with Gasteiger partial charge in [0.2, 0.25) is 5.82 Å². The molecule has 0 saturated heterocycles. The number of allylic oxidation sites excluding steroid dienone is 2. The molecule has 3 aromatic rings. The van der Waals surface area contributed by atoms with Crippen LogP contribution in [0.4, 0.5) is 17.6 Å². The molecule has 0 spiro atoms. The summed E-state index contributed by atoms with van der Waals surface area (Å²) < 4.78 is 63.9. The van der Waals surface area contributed by atoms with Gasteiger partial charge >= 0.3 is 0 Å². The summed E-state index contributed by atoms with van der Waals surface area (Å²) in [6, 6.07) is 12.4. The molecule has 1 nitrogen and oxygen atoms in total. The molecule has 178 valence electrons. The predicted molar refractivity (Wildman–Crippen MR) is 128 cm³/mol. The lowest BCUT2D eigenvalue weighted by Gasteiger charge is -2.27. The highest BCUT2D eigenvalue weighted by atomic mass is 19.2. The summed E-state index contributed by atoms with van der Waals surface area (Å²) in [5.74, 6) is -3.34. The van der Waals surface area contributed by atoms with Crippen molar-refractivity contribution in [3.8, 4) is 28.0 Å². The van der Waals surface area contributed by atoms with Crippen LogP contribution in [0, 0.1) is 29.2 Å². The van der Waals surface area contributed by atoms with Gasteiger partial charge in [-0.05, 0) is 80.2 Å². The molecule has 1 fully saturated rings. The number of hydrogen-bond donors (Lipinski definition) is 0. The monoisotopic (exact) mass is 468 g/mol. The fourth-order valence-electron chi connectivity index (χ4n) is 4.85. The Morgan fingerprint density at radius 2 is 1.29 bits per heavy atom. The minimum absolute atomic E-state index is 0.0185. The quantitative estimate of drug-likeness (QED) is 0.259. The summed E-state index contributed by atoms with van der Waals surface area (Å²) in [6.07, 6.45) is 7.86. The van der Waals surface area contributed by atoms with E-state index in [0.717, 1.165) is 25.7 Å². The van der Waals surface area contributed by atoms with Crippen molar-refractivity contribution in [3.05, 3.63) is 89.5 Å². The van der Waals surface area contributed by atoms with Crippen molar-refractivity contribution in [1.29, 1.82) is 0 Å². The van der Waals surface area contributed by atoms with Crippen LogP contribution in [0.5, 0.6) is 5.75 Å². The van der Waals surface area contributed by atoms with Crippen LogP contribution in [-0.2, 0) is 0 Å². The van der Waals surface area contributed by atoms with Crippen molar-refractivity contribution >= 4 is 0 Å². The second-order valence-corrected chi connectivity index (χ2v) is 8.72. The normalized spacial score (nSPS) is 18.4. The average molecular weight is 469 g/mol. The third-order valence-corrected chi connectivity index (χ3v) is 6.64. The Labute approximate surface area is 198 Å². The Morgan fingerprint density at radius 3 is 1.85 bits per heavy atom. The smallest absolute Gasteiger partial charge is 0.201 e. The van der Waals surface area contributed by atoms with E-state index in [0.29, 0.717) is 22.6 Å². The zero-order valence-corrected chi connectivity index (χ0v) is 19.4. The highest BCUT2D eigenvalue weighted by Gasteiger charge is 2.25. The van der Waals surface area contributed by atoms with E-state index in [-0.39, 0.29) is 29.4 Å². The summed E-state index contributed by atoms with van der Waals surface area (Å²) in [6.45, 7) is 3.91. The number of ether oxygens (including phenoxy) is 1. The van der Waals surface area contributed by atoms with Crippen LogP contribution in [0.25, 0.3) is 22.3 Å². The number of benzene rings is 3. The van der Waals surface area contributed by atoms with Gasteiger partial charge in [-0.2, -0.15) is 4.39 Å². The van der Waals surface area contributed by atoms with Crippen molar-refractivity contribution in [2.24, 2.45) is 5.92 Å². The largest absolute Gasteiger partial charge is 0.491 e. The minimum Gasteiger partial charge on any atom is -0.491 e. The van der Waals surface area contributed by atoms with E-state index in [1.807, 2.05) is 13.0 Å². The molecule has 0 heterocycles. The maximum absolute atomic E-state index is 15.0. The van der Waals surface area contributed by atoms with Gasteiger partial charge in [0.15, 0.2) is 23.2 Å². The standard InChI is InChI=1S/C29H28F4O/c1-3-5-18-6-8-19(9-7-18)22-14-15-23(27(31)26(22)30)20-10-12-21(13-11-20)24-16-17-25(34-4-2)29(33)28(24)32/h3,5,10-19H,4,6-9H2,1-2H3. The summed E-state index contributed by atoms with van der Waals surface area (Å²) in [4.78, 5) is 0. The number of hydrogen-bond acceptors (Lipinski definition) is 1. The molecule has 0 aromatic heterocycles. The Kier molecular flexibility index (Phi) is 7.40. The SMILES string of the molecule is CC=CC1CCC(c2ccc(-c3ccc(-c4ccc(OCC)c(F)c4F)cc3)c(F)c2F)CC1. The third kappa shape index (κ3) is 4.75. The third-order valence-electron chi connectivity index (χ3n) is 6.64. The lowest BCUT2D eigenvalue weighted by Crippen LogP contribution is -2.13. The second-order valence-electron chi connectivity index (χ2n) is 8.72. The molecule has 1 aliphatic rings. The maximum Gasteiger partial charge on any atom is 0.201 e. The topological polar surface area (TPSA) is 9.23 Å². The molecule has 0 atom stereocenters. The van der Waals surface area contributed by atoms with Gasteiger partial charge in [0, 0.05) is 11.1 Å². The summed E-state index contributed by atoms with van der Waals surface area (Å²) in [5, 5.41) is 0. The van der Waals surface area contributed by atoms with Crippen molar-refractivity contribution < 1.29 is 22.3 Å². The van der Waals surface area contributed by atoms with E-state index in [1.54, 1.807) is 43.3 Å². The van der Waals surface area contributed by atoms with Gasteiger partial charge in [-0.3, -0.25) is 0 Å². The molecule has 1 saturated carbocycles. The van der Waals surface area contributed by atoms with Gasteiger partial charge in [-0.25, -0.2) is 13.2 Å². The molecule has 3 aromatic carbocycles. The van der Waals surface area contributed by atoms with Crippen LogP contribution in [0.15, 0.2) is 60.7 Å². The fraction of sp³-hybridized carbons (Fsp3) is 0.310. The van der Waals surface area contributed by atoms with E-state index in [4.69, 9.17) is 4.74 Å². The molecule has 0 amide bonds. The van der Waals surface area contributed by atoms with Crippen molar-refractivity contribution in [2.75, 3.05) is 6.61 Å². The Bertz CT molecular complexity index is 1180. The second kappa shape index (κ2) is 10.5. The summed E-state index contributed by atoms with van der Waals surface area (Å²) >= 11 is 0. The van der Waals surface area contributed by atoms with Crippen LogP contribution in [0.1, 0.15) is 51.0 Å². The molecule has 0 aliphatic heterocycles. The molecule has 0 unspecified atom stereocenters. The zero-order chi connectivity index (χ0) is 24.2. The van der Waals surface area contributed by atoms with Crippen molar-refractivity contribution in [3.63, 3.8) is 0 Å². The fourth-order valence-corrected chi connectivity index (χ4v) is 4.85. The van der Waals surface area contributed by atoms with Gasteiger partial charge in [0.1, 0.15) is 0 Å². The first-order valence-electron chi connectivity index (χ1n) is 11.8. The van der Waals surface area contributed by atoms with Crippen LogP contribution in [0.2, 0.25) is 0 Å². The van der Waals surface area contributed by atoms with E-state index >= 15 is 8.78 Å². The van der Waals surface area contributed by atoms with Crippen LogP contribution >= 0.6 is 0 Å². The molecule has 34 heavy (non-hydrogen) atoms. The van der Waals surface area contributed by atoms with Crippen molar-refractivity contribution in [2.45, 2.75) is 45.4 Å². The Balaban J connectivity index is 1.57. The van der Waals surface area contributed by atoms with Crippen LogP contribution in [0.3, 0.4) is 0 Å². The molecule has 5 heteroatoms. The minimum atomic E-state index is -1.05. The molecule has 1 aliphatic carbocycles. The highest BCUT2D eigenvalue weighted by Crippen LogP contribution is 2.39. The van der Waals surface area contributed by atoms with Gasteiger partial charge in [0.05, 0.1) is 6.61 Å². The first kappa shape index (κ1) is 24.1. The first-order chi connectivity index (χ1) is 16.4. The lowest BCUT2D eigenvalue weighted by atomic mass is 9.78. The van der Waals surface area contributed by atoms with Gasteiger partial charge in [-0.1, -0.05) is 48.6 Å². The van der Waals surface area contributed by atoms with Crippen LogP contribution < -0.4 is 4.74 Å². The predicted octanol–water partition coefficient (Wildman–Crippen LogP) is 8.83. The van der Waals surface area contributed by atoms with E-state index in [9.17, 15) is 8.78 Å². The first-order valence-corrected chi connectivity index (χ1v) is 11.8. The van der Waals surface area contributed by atoms with Crippen molar-refractivity contribution in [1.82, 2.24) is 0 Å². The van der Waals surface area contributed by atoms with Gasteiger partial charge < -0.3 is 4.74 Å². The molecular weight excluding hydrogens is 440 g/mol. The molecule has 0 N–H and O–H groups in total. The number of halogens is 4. The van der Waals surface area contributed by atoms with Gasteiger partial charge in [-0.15, -0.1) is 0 Å². The average Bonchev–Trinajstić information content (AvgIpc) is 2.85. The van der Waals surface area contributed by atoms with E-state index in [1.165, 1.54) is 12.1 Å². The number of rotatable bonds is 6. The van der Waals surface area contributed by atoms with E-state index < -0.39 is 23.3 Å². The Morgan fingerprint density at radius 1 is 0.735 bits per heavy atom. The summed E-state index contributed by atoms with van der Waals surface area (Å²) in [5.41, 5.74) is 1.55. The molecule has 0 radical (unpaired) electrons. The maximum atomic E-state index is 15.0. The lowest BCUT2D eigenvalue weighted by molar-refractivity contribution is 0.314. The van der Waals surface area contributed by atoms with E-state index in [2.05, 4.69) is 6.08 Å².